The maximum atomic E-state index is 14.3. The summed E-state index contributed by atoms with van der Waals surface area (Å²) in [6, 6.07) is 5.43. The number of hydrogen-bond donors (Lipinski definition) is 4. The van der Waals surface area contributed by atoms with Crippen molar-refractivity contribution in [3.05, 3.63) is 56.2 Å². The van der Waals surface area contributed by atoms with Crippen LogP contribution in [-0.4, -0.2) is 33.4 Å². The number of amides is 1. The van der Waals surface area contributed by atoms with Gasteiger partial charge in [0, 0.05) is 10.5 Å². The monoisotopic (exact) mass is 481 g/mol. The van der Waals surface area contributed by atoms with Gasteiger partial charge in [-0.25, -0.2) is 9.87 Å². The number of nitrogens with one attached hydrogen (secondary N) is 2. The van der Waals surface area contributed by atoms with Crippen molar-refractivity contribution in [3.8, 4) is 0 Å². The van der Waals surface area contributed by atoms with Crippen LogP contribution in [0.2, 0.25) is 0 Å². The van der Waals surface area contributed by atoms with Gasteiger partial charge in [0.05, 0.1) is 35.8 Å². The molecule has 1 amide bonds. The Morgan fingerprint density at radius 2 is 2.03 bits per heavy atom. The molecule has 0 saturated heterocycles. The average Bonchev–Trinajstić information content (AvgIpc) is 2.95. The van der Waals surface area contributed by atoms with E-state index in [2.05, 4.69) is 26.7 Å². The Bertz CT molecular complexity index is 1040. The van der Waals surface area contributed by atoms with E-state index >= 15 is 0 Å². The van der Waals surface area contributed by atoms with Crippen LogP contribution in [0.5, 0.6) is 0 Å². The average molecular weight is 482 g/mol. The molecule has 30 heavy (non-hydrogen) atoms. The Morgan fingerprint density at radius 3 is 2.70 bits per heavy atom. The number of hydroxylamine groups is 1. The minimum absolute atomic E-state index is 0.00497. The van der Waals surface area contributed by atoms with Gasteiger partial charge >= 0.3 is 0 Å². The number of carbonyl (C=O) groups excluding carboxylic acids is 1. The summed E-state index contributed by atoms with van der Waals surface area (Å²) in [5.74, 6) is -0.916. The van der Waals surface area contributed by atoms with Gasteiger partial charge in [-0.05, 0) is 37.0 Å². The largest absolute Gasteiger partial charge is 0.388 e. The lowest BCUT2D eigenvalue weighted by Gasteiger charge is -2.25. The van der Waals surface area contributed by atoms with Crippen LogP contribution in [0.3, 0.4) is 0 Å². The maximum Gasteiger partial charge on any atom is 0.278 e. The first-order valence-electron chi connectivity index (χ1n) is 9.63. The van der Waals surface area contributed by atoms with Crippen molar-refractivity contribution in [2.45, 2.75) is 38.0 Å². The molecule has 0 radical (unpaired) electrons. The fourth-order valence-corrected chi connectivity index (χ4v) is 3.97. The number of aliphatic hydroxyl groups is 2. The van der Waals surface area contributed by atoms with Crippen LogP contribution in [0.1, 0.15) is 41.4 Å². The second kappa shape index (κ2) is 8.46. The third-order valence-corrected chi connectivity index (χ3v) is 5.99. The quantitative estimate of drug-likeness (QED) is 0.471. The lowest BCUT2D eigenvalue weighted by atomic mass is 9.86. The van der Waals surface area contributed by atoms with Crippen molar-refractivity contribution in [1.29, 1.82) is 0 Å². The number of fused-ring (bicyclic) bond motifs is 1. The molecular weight excluding hydrogens is 461 g/mol. The van der Waals surface area contributed by atoms with Gasteiger partial charge in [0.2, 0.25) is 0 Å². The summed E-state index contributed by atoms with van der Waals surface area (Å²) >= 11 is 3.17. The smallest absolute Gasteiger partial charge is 0.278 e. The van der Waals surface area contributed by atoms with E-state index in [4.69, 9.17) is 4.84 Å². The Balaban J connectivity index is 1.70. The molecule has 2 aliphatic rings. The molecule has 1 aliphatic heterocycles. The predicted octanol–water partition coefficient (Wildman–Crippen LogP) is 2.36. The van der Waals surface area contributed by atoms with Gasteiger partial charge < -0.3 is 20.1 Å². The van der Waals surface area contributed by atoms with E-state index in [-0.39, 0.29) is 29.2 Å². The van der Waals surface area contributed by atoms with E-state index in [0.717, 1.165) is 29.9 Å². The van der Waals surface area contributed by atoms with E-state index in [9.17, 15) is 24.2 Å². The minimum Gasteiger partial charge on any atom is -0.388 e. The van der Waals surface area contributed by atoms with Crippen LogP contribution >= 0.6 is 15.9 Å². The minimum atomic E-state index is -1.44. The van der Waals surface area contributed by atoms with E-state index in [1.165, 1.54) is 12.1 Å². The first kappa shape index (κ1) is 21.0. The van der Waals surface area contributed by atoms with Crippen molar-refractivity contribution >= 4 is 33.2 Å². The predicted molar refractivity (Wildman–Crippen MR) is 110 cm³/mol. The number of hydrogen-bond acceptors (Lipinski definition) is 6. The van der Waals surface area contributed by atoms with Gasteiger partial charge in [-0.1, -0.05) is 22.4 Å². The number of nitrogens with zero attached hydrogens (tertiary/aromatic N) is 1. The molecule has 4 N–H and O–H groups in total. The van der Waals surface area contributed by atoms with Crippen molar-refractivity contribution in [2.24, 2.45) is 5.92 Å². The number of aromatic nitrogens is 1. The molecule has 1 saturated carbocycles. The molecule has 1 aromatic carbocycles. The molecule has 2 unspecified atom stereocenters. The first-order chi connectivity index (χ1) is 14.3. The zero-order valence-electron chi connectivity index (χ0n) is 15.9. The van der Waals surface area contributed by atoms with Crippen LogP contribution in [0.4, 0.5) is 15.8 Å². The number of benzene rings is 1. The highest BCUT2D eigenvalue weighted by atomic mass is 79.9. The molecule has 10 heteroatoms. The highest BCUT2D eigenvalue weighted by molar-refractivity contribution is 9.10. The SMILES string of the molecule is O=C(NOCC1CCC1)c1c(Nc2ccc(Br)cc2F)cc(=O)n2c1C(O)C(O)C2. The molecule has 1 aliphatic carbocycles. The molecule has 2 atom stereocenters. The third kappa shape index (κ3) is 4.00. The summed E-state index contributed by atoms with van der Waals surface area (Å²) in [5, 5.41) is 23.2. The number of halogens is 2. The Kier molecular flexibility index (Phi) is 5.92. The van der Waals surface area contributed by atoms with Gasteiger partial charge in [-0.15, -0.1) is 0 Å². The zero-order chi connectivity index (χ0) is 21.4. The molecular formula is C20H21BrFN3O5. The van der Waals surface area contributed by atoms with Crippen LogP contribution in [0, 0.1) is 11.7 Å². The summed E-state index contributed by atoms with van der Waals surface area (Å²) in [4.78, 5) is 30.7. The molecule has 4 rings (SSSR count). The maximum absolute atomic E-state index is 14.3. The number of rotatable bonds is 6. The molecule has 1 fully saturated rings. The number of anilines is 2. The summed E-state index contributed by atoms with van der Waals surface area (Å²) in [5.41, 5.74) is 1.73. The van der Waals surface area contributed by atoms with Gasteiger partial charge in [-0.3, -0.25) is 14.4 Å². The molecule has 2 heterocycles. The summed E-state index contributed by atoms with van der Waals surface area (Å²) in [6.07, 6.45) is 0.522. The van der Waals surface area contributed by atoms with Crippen LogP contribution in [0.25, 0.3) is 0 Å². The van der Waals surface area contributed by atoms with E-state index in [1.807, 2.05) is 0 Å². The van der Waals surface area contributed by atoms with Gasteiger partial charge in [0.1, 0.15) is 18.0 Å². The fraction of sp³-hybridized carbons (Fsp3) is 0.400. The number of aliphatic hydroxyl groups excluding tert-OH is 2. The van der Waals surface area contributed by atoms with Gasteiger partial charge in [0.25, 0.3) is 11.5 Å². The van der Waals surface area contributed by atoms with E-state index in [1.54, 1.807) is 6.07 Å². The molecule has 160 valence electrons. The molecule has 0 bridgehead atoms. The second-order valence-corrected chi connectivity index (χ2v) is 8.48. The van der Waals surface area contributed by atoms with Crippen LogP contribution in [-0.2, 0) is 11.4 Å². The van der Waals surface area contributed by atoms with Gasteiger partial charge in [0.15, 0.2) is 0 Å². The Morgan fingerprint density at radius 1 is 1.27 bits per heavy atom. The molecule has 8 nitrogen and oxygen atoms in total. The number of carbonyl (C=O) groups is 1. The topological polar surface area (TPSA) is 113 Å². The normalized spacial score (nSPS) is 20.5. The summed E-state index contributed by atoms with van der Waals surface area (Å²) in [6.45, 7) is 0.210. The Hall–Kier alpha value is -2.27. The van der Waals surface area contributed by atoms with Crippen molar-refractivity contribution in [1.82, 2.24) is 10.0 Å². The summed E-state index contributed by atoms with van der Waals surface area (Å²) < 4.78 is 16.0. The van der Waals surface area contributed by atoms with Crippen LogP contribution < -0.4 is 16.4 Å². The molecule has 2 aromatic rings. The van der Waals surface area contributed by atoms with Crippen LogP contribution in [0.15, 0.2) is 33.5 Å². The van der Waals surface area contributed by atoms with Crippen molar-refractivity contribution < 1.29 is 24.2 Å². The lowest BCUT2D eigenvalue weighted by molar-refractivity contribution is 0.00252. The third-order valence-electron chi connectivity index (χ3n) is 5.50. The van der Waals surface area contributed by atoms with Crippen molar-refractivity contribution in [2.75, 3.05) is 11.9 Å². The number of pyridine rings is 1. The summed E-state index contributed by atoms with van der Waals surface area (Å²) in [7, 11) is 0. The fourth-order valence-electron chi connectivity index (χ4n) is 3.64. The molecule has 0 spiro atoms. The highest BCUT2D eigenvalue weighted by Gasteiger charge is 2.36. The first-order valence-corrected chi connectivity index (χ1v) is 10.4. The second-order valence-electron chi connectivity index (χ2n) is 7.57. The lowest BCUT2D eigenvalue weighted by Crippen LogP contribution is -2.32. The van der Waals surface area contributed by atoms with Crippen molar-refractivity contribution in [3.63, 3.8) is 0 Å². The van der Waals surface area contributed by atoms with E-state index < -0.39 is 29.5 Å². The zero-order valence-corrected chi connectivity index (χ0v) is 17.5. The molecule has 1 aromatic heterocycles. The highest BCUT2D eigenvalue weighted by Crippen LogP contribution is 2.33. The standard InChI is InChI=1S/C20H21BrFN3O5/c21-11-4-5-13(12(22)6-11)23-14-7-16(27)25-8-15(26)19(28)18(25)17(14)20(29)24-30-9-10-2-1-3-10/h4-7,10,15,19,23,26,28H,1-3,8-9H2,(H,24,29). The van der Waals surface area contributed by atoms with E-state index in [0.29, 0.717) is 17.0 Å². The Labute approximate surface area is 179 Å². The van der Waals surface area contributed by atoms with Gasteiger partial charge in [-0.2, -0.15) is 0 Å².